The Morgan fingerprint density at radius 3 is 3.08 bits per heavy atom. The van der Waals surface area contributed by atoms with Crippen LogP contribution in [0, 0.1) is 6.42 Å². The number of hydrogen-bond acceptors (Lipinski definition) is 1. The van der Waals surface area contributed by atoms with E-state index in [1.54, 1.807) is 6.08 Å². The van der Waals surface area contributed by atoms with Gasteiger partial charge in [-0.05, 0) is 18.1 Å². The maximum absolute atomic E-state index is 12.5. The quantitative estimate of drug-likeness (QED) is 0.661. The van der Waals surface area contributed by atoms with E-state index in [1.807, 2.05) is 0 Å². The number of allylic oxidation sites excluding steroid dienone is 2. The van der Waals surface area contributed by atoms with Gasteiger partial charge in [-0.2, -0.15) is 0 Å². The molecule has 1 amide bonds. The van der Waals surface area contributed by atoms with E-state index in [0.29, 0.717) is 12.0 Å². The third-order valence-corrected chi connectivity index (χ3v) is 1.46. The van der Waals surface area contributed by atoms with Crippen molar-refractivity contribution in [1.29, 1.82) is 0 Å². The van der Waals surface area contributed by atoms with Crippen LogP contribution in [-0.4, -0.2) is 17.7 Å². The molecule has 65 valence electrons. The fourth-order valence-corrected chi connectivity index (χ4v) is 0.919. The van der Waals surface area contributed by atoms with Crippen molar-refractivity contribution in [3.05, 3.63) is 30.0 Å². The zero-order valence-electron chi connectivity index (χ0n) is 6.38. The number of rotatable bonds is 2. The molecule has 1 aliphatic rings. The van der Waals surface area contributed by atoms with Crippen molar-refractivity contribution >= 4 is 6.09 Å². The van der Waals surface area contributed by atoms with Gasteiger partial charge in [0.25, 0.3) is 0 Å². The molecule has 0 heterocycles. The van der Waals surface area contributed by atoms with E-state index in [1.165, 1.54) is 12.5 Å². The Bertz CT molecular complexity index is 245. The normalized spacial score (nSPS) is 16.4. The highest BCUT2D eigenvalue weighted by Crippen LogP contribution is 2.16. The fourth-order valence-electron chi connectivity index (χ4n) is 0.919. The van der Waals surface area contributed by atoms with Crippen LogP contribution in [0.3, 0.4) is 0 Å². The molecule has 0 aromatic carbocycles. The number of amides is 1. The maximum Gasteiger partial charge on any atom is 0.404 e. The molecule has 0 saturated heterocycles. The van der Waals surface area contributed by atoms with E-state index >= 15 is 0 Å². The number of halogens is 1. The topological polar surface area (TPSA) is 49.3 Å². The Hall–Kier alpha value is -1.32. The zero-order valence-corrected chi connectivity index (χ0v) is 6.38. The minimum atomic E-state index is -1.10. The molecule has 0 bridgehead atoms. The van der Waals surface area contributed by atoms with Crippen molar-refractivity contribution in [2.24, 2.45) is 0 Å². The number of hydrogen-bond donors (Lipinski definition) is 2. The van der Waals surface area contributed by atoms with Crippen LogP contribution in [0.15, 0.2) is 23.6 Å². The van der Waals surface area contributed by atoms with Gasteiger partial charge >= 0.3 is 6.09 Å². The molecule has 1 radical (unpaired) electrons. The lowest BCUT2D eigenvalue weighted by Crippen LogP contribution is -2.23. The summed E-state index contributed by atoms with van der Waals surface area (Å²) in [5, 5.41) is 10.4. The summed E-state index contributed by atoms with van der Waals surface area (Å²) < 4.78 is 12.5. The van der Waals surface area contributed by atoms with Crippen LogP contribution in [0.2, 0.25) is 0 Å². The van der Waals surface area contributed by atoms with E-state index in [2.05, 4.69) is 5.32 Å². The summed E-state index contributed by atoms with van der Waals surface area (Å²) in [6, 6.07) is 0. The molecule has 0 unspecified atom stereocenters. The molecule has 3 nitrogen and oxygen atoms in total. The zero-order chi connectivity index (χ0) is 8.97. The molecule has 0 spiro atoms. The highest BCUT2D eigenvalue weighted by atomic mass is 19.1. The van der Waals surface area contributed by atoms with Crippen molar-refractivity contribution in [1.82, 2.24) is 5.32 Å². The molecule has 0 aromatic rings. The van der Waals surface area contributed by atoms with Crippen LogP contribution in [0.4, 0.5) is 9.18 Å². The third kappa shape index (κ3) is 2.74. The smallest absolute Gasteiger partial charge is 0.404 e. The second-order valence-electron chi connectivity index (χ2n) is 2.41. The SMILES string of the molecule is O=C(O)NCC1=CC[CH]C(F)=C1. The summed E-state index contributed by atoms with van der Waals surface area (Å²) in [6.07, 6.45) is 3.96. The lowest BCUT2D eigenvalue weighted by Gasteiger charge is -2.07. The van der Waals surface area contributed by atoms with Gasteiger partial charge in [-0.3, -0.25) is 0 Å². The van der Waals surface area contributed by atoms with Crippen LogP contribution in [0.25, 0.3) is 0 Å². The molecule has 2 N–H and O–H groups in total. The Morgan fingerprint density at radius 1 is 1.75 bits per heavy atom. The average Bonchev–Trinajstić information content (AvgIpc) is 2.01. The molecule has 0 atom stereocenters. The van der Waals surface area contributed by atoms with Gasteiger partial charge in [0.2, 0.25) is 0 Å². The monoisotopic (exact) mass is 170 g/mol. The van der Waals surface area contributed by atoms with Crippen molar-refractivity contribution in [2.45, 2.75) is 6.42 Å². The Morgan fingerprint density at radius 2 is 2.50 bits per heavy atom. The Balaban J connectivity index is 2.42. The average molecular weight is 170 g/mol. The predicted octanol–water partition coefficient (Wildman–Crippen LogP) is 1.64. The summed E-state index contributed by atoms with van der Waals surface area (Å²) in [6.45, 7) is 0.163. The van der Waals surface area contributed by atoms with Gasteiger partial charge in [0, 0.05) is 13.0 Å². The van der Waals surface area contributed by atoms with Gasteiger partial charge in [-0.15, -0.1) is 0 Å². The van der Waals surface area contributed by atoms with Crippen LogP contribution >= 0.6 is 0 Å². The third-order valence-electron chi connectivity index (χ3n) is 1.46. The van der Waals surface area contributed by atoms with Gasteiger partial charge in [-0.1, -0.05) is 6.08 Å². The molecule has 0 fully saturated rings. The van der Waals surface area contributed by atoms with E-state index in [-0.39, 0.29) is 12.4 Å². The van der Waals surface area contributed by atoms with E-state index < -0.39 is 6.09 Å². The second-order valence-corrected chi connectivity index (χ2v) is 2.41. The number of carbonyl (C=O) groups is 1. The number of carboxylic acid groups (broad SMARTS) is 1. The minimum Gasteiger partial charge on any atom is -0.465 e. The molecule has 0 aromatic heterocycles. The van der Waals surface area contributed by atoms with Gasteiger partial charge in [0.05, 0.1) is 0 Å². The molecule has 1 rings (SSSR count). The fraction of sp³-hybridized carbons (Fsp3) is 0.250. The molecule has 0 saturated carbocycles. The summed E-state index contributed by atoms with van der Waals surface area (Å²) in [5.41, 5.74) is 0.664. The summed E-state index contributed by atoms with van der Waals surface area (Å²) in [7, 11) is 0. The van der Waals surface area contributed by atoms with E-state index in [4.69, 9.17) is 5.11 Å². The molecule has 12 heavy (non-hydrogen) atoms. The molecular formula is C8H9FNO2. The first-order chi connectivity index (χ1) is 5.68. The van der Waals surface area contributed by atoms with Crippen molar-refractivity contribution in [3.8, 4) is 0 Å². The van der Waals surface area contributed by atoms with Crippen LogP contribution in [-0.2, 0) is 0 Å². The largest absolute Gasteiger partial charge is 0.465 e. The highest BCUT2D eigenvalue weighted by molar-refractivity contribution is 5.65. The van der Waals surface area contributed by atoms with Gasteiger partial charge in [0.1, 0.15) is 5.83 Å². The van der Waals surface area contributed by atoms with Crippen LogP contribution < -0.4 is 5.32 Å². The Labute approximate surface area is 69.6 Å². The van der Waals surface area contributed by atoms with Crippen molar-refractivity contribution < 1.29 is 14.3 Å². The maximum atomic E-state index is 12.5. The molecule has 1 aliphatic carbocycles. The summed E-state index contributed by atoms with van der Waals surface area (Å²) >= 11 is 0. The van der Waals surface area contributed by atoms with Gasteiger partial charge in [0.15, 0.2) is 0 Å². The van der Waals surface area contributed by atoms with Crippen LogP contribution in [0.1, 0.15) is 6.42 Å². The van der Waals surface area contributed by atoms with E-state index in [9.17, 15) is 9.18 Å². The van der Waals surface area contributed by atoms with Gasteiger partial charge in [-0.25, -0.2) is 9.18 Å². The lowest BCUT2D eigenvalue weighted by atomic mass is 10.1. The predicted molar refractivity (Wildman–Crippen MR) is 42.2 cm³/mol. The first-order valence-electron chi connectivity index (χ1n) is 3.55. The lowest BCUT2D eigenvalue weighted by molar-refractivity contribution is 0.195. The molecule has 4 heteroatoms. The van der Waals surface area contributed by atoms with Crippen molar-refractivity contribution in [3.63, 3.8) is 0 Å². The van der Waals surface area contributed by atoms with Crippen molar-refractivity contribution in [2.75, 3.05) is 6.54 Å². The summed E-state index contributed by atoms with van der Waals surface area (Å²) in [4.78, 5) is 10.1. The van der Waals surface area contributed by atoms with Gasteiger partial charge < -0.3 is 10.4 Å². The summed E-state index contributed by atoms with van der Waals surface area (Å²) in [5.74, 6) is -0.306. The van der Waals surface area contributed by atoms with Crippen LogP contribution in [0.5, 0.6) is 0 Å². The minimum absolute atomic E-state index is 0.163. The standard InChI is InChI=1S/C8H9FNO2/c9-7-3-1-2-6(4-7)5-10-8(11)12/h2-4,10H,1,5H2,(H,11,12). The highest BCUT2D eigenvalue weighted by Gasteiger charge is 2.05. The molecule has 0 aliphatic heterocycles. The first-order valence-corrected chi connectivity index (χ1v) is 3.55. The number of nitrogens with one attached hydrogen (secondary N) is 1. The second kappa shape index (κ2) is 3.90. The Kier molecular flexibility index (Phi) is 2.85. The van der Waals surface area contributed by atoms with E-state index in [0.717, 1.165) is 0 Å². The first kappa shape index (κ1) is 8.77. The molecular weight excluding hydrogens is 161 g/mol.